The highest BCUT2D eigenvalue weighted by Crippen LogP contribution is 2.15. The summed E-state index contributed by atoms with van der Waals surface area (Å²) in [5.74, 6) is 0.121. The lowest BCUT2D eigenvalue weighted by atomic mass is 10.2. The fourth-order valence-electron chi connectivity index (χ4n) is 1.68. The fourth-order valence-corrected chi connectivity index (χ4v) is 2.97. The fraction of sp³-hybridized carbons (Fsp3) is 0.250. The average molecular weight is 283 g/mol. The van der Waals surface area contributed by atoms with Crippen LogP contribution in [-0.2, 0) is 16.4 Å². The van der Waals surface area contributed by atoms with Crippen LogP contribution in [0.5, 0.6) is 0 Å². The highest BCUT2D eigenvalue weighted by Gasteiger charge is 2.17. The lowest BCUT2D eigenvalue weighted by molar-refractivity contribution is 0.576. The van der Waals surface area contributed by atoms with Crippen LogP contribution < -0.4 is 4.72 Å². The van der Waals surface area contributed by atoms with E-state index in [-0.39, 0.29) is 11.4 Å². The lowest BCUT2D eigenvalue weighted by Crippen LogP contribution is -2.27. The second kappa shape index (κ2) is 5.50. The first-order chi connectivity index (χ1) is 8.99. The molecule has 2 N–H and O–H groups in total. The zero-order chi connectivity index (χ0) is 13.9. The molecule has 0 amide bonds. The summed E-state index contributed by atoms with van der Waals surface area (Å²) < 4.78 is 39.6. The van der Waals surface area contributed by atoms with E-state index >= 15 is 0 Å². The SMILES string of the molecule is Cc1ccc(F)cc1S(=O)(=O)NCCc1ncc[nH]1. The smallest absolute Gasteiger partial charge is 0.240 e. The van der Waals surface area contributed by atoms with E-state index in [9.17, 15) is 12.8 Å². The largest absolute Gasteiger partial charge is 0.349 e. The van der Waals surface area contributed by atoms with Crippen molar-refractivity contribution in [2.75, 3.05) is 6.54 Å². The molecule has 2 aromatic rings. The van der Waals surface area contributed by atoms with Crippen molar-refractivity contribution < 1.29 is 12.8 Å². The van der Waals surface area contributed by atoms with Crippen LogP contribution >= 0.6 is 0 Å². The molecule has 5 nitrogen and oxygen atoms in total. The molecule has 7 heteroatoms. The van der Waals surface area contributed by atoms with Gasteiger partial charge in [0.1, 0.15) is 11.6 Å². The van der Waals surface area contributed by atoms with E-state index < -0.39 is 15.8 Å². The van der Waals surface area contributed by atoms with Gasteiger partial charge < -0.3 is 4.98 Å². The van der Waals surface area contributed by atoms with E-state index in [2.05, 4.69) is 14.7 Å². The molecule has 0 atom stereocenters. The molecule has 0 aliphatic carbocycles. The van der Waals surface area contributed by atoms with Gasteiger partial charge in [0.25, 0.3) is 0 Å². The maximum absolute atomic E-state index is 13.1. The van der Waals surface area contributed by atoms with Gasteiger partial charge in [0, 0.05) is 25.4 Å². The summed E-state index contributed by atoms with van der Waals surface area (Å²) in [6.45, 7) is 1.83. The number of nitrogens with zero attached hydrogens (tertiary/aromatic N) is 1. The monoisotopic (exact) mass is 283 g/mol. The van der Waals surface area contributed by atoms with E-state index in [0.29, 0.717) is 17.8 Å². The molecular weight excluding hydrogens is 269 g/mol. The summed E-state index contributed by atoms with van der Waals surface area (Å²) in [6.07, 6.45) is 3.71. The van der Waals surface area contributed by atoms with E-state index in [0.717, 1.165) is 6.07 Å². The van der Waals surface area contributed by atoms with Crippen LogP contribution in [0.1, 0.15) is 11.4 Å². The summed E-state index contributed by atoms with van der Waals surface area (Å²) in [7, 11) is -3.70. The second-order valence-electron chi connectivity index (χ2n) is 4.09. The predicted octanol–water partition coefficient (Wildman–Crippen LogP) is 1.38. The van der Waals surface area contributed by atoms with Gasteiger partial charge in [-0.2, -0.15) is 0 Å². The molecular formula is C12H14FN3O2S. The highest BCUT2D eigenvalue weighted by atomic mass is 32.2. The van der Waals surface area contributed by atoms with Crippen LogP contribution in [0.25, 0.3) is 0 Å². The van der Waals surface area contributed by atoms with Crippen molar-refractivity contribution in [1.82, 2.24) is 14.7 Å². The maximum Gasteiger partial charge on any atom is 0.240 e. The second-order valence-corrected chi connectivity index (χ2v) is 5.83. The van der Waals surface area contributed by atoms with Crippen molar-refractivity contribution in [2.45, 2.75) is 18.2 Å². The summed E-state index contributed by atoms with van der Waals surface area (Å²) in [5, 5.41) is 0. The van der Waals surface area contributed by atoms with Gasteiger partial charge >= 0.3 is 0 Å². The number of rotatable bonds is 5. The van der Waals surface area contributed by atoms with Gasteiger partial charge in [0.05, 0.1) is 4.90 Å². The number of sulfonamides is 1. The summed E-state index contributed by atoms with van der Waals surface area (Å²) in [6, 6.07) is 3.69. The third-order valence-electron chi connectivity index (χ3n) is 2.65. The number of nitrogens with one attached hydrogen (secondary N) is 2. The number of hydrogen-bond acceptors (Lipinski definition) is 3. The Bertz CT molecular complexity index is 654. The van der Waals surface area contributed by atoms with E-state index in [1.165, 1.54) is 12.1 Å². The Hall–Kier alpha value is -1.73. The molecule has 1 aromatic carbocycles. The zero-order valence-corrected chi connectivity index (χ0v) is 11.2. The number of benzene rings is 1. The first kappa shape index (κ1) is 13.7. The van der Waals surface area contributed by atoms with Crippen molar-refractivity contribution in [3.8, 4) is 0 Å². The lowest BCUT2D eigenvalue weighted by Gasteiger charge is -2.08. The van der Waals surface area contributed by atoms with Gasteiger partial charge in [-0.25, -0.2) is 22.5 Å². The number of imidazole rings is 1. The first-order valence-corrected chi connectivity index (χ1v) is 7.21. The van der Waals surface area contributed by atoms with Crippen molar-refractivity contribution >= 4 is 10.0 Å². The number of aromatic nitrogens is 2. The zero-order valence-electron chi connectivity index (χ0n) is 10.4. The Balaban J connectivity index is 2.07. The molecule has 0 spiro atoms. The number of aryl methyl sites for hydroxylation is 1. The van der Waals surface area contributed by atoms with Gasteiger partial charge in [0.15, 0.2) is 0 Å². The highest BCUT2D eigenvalue weighted by molar-refractivity contribution is 7.89. The quantitative estimate of drug-likeness (QED) is 0.870. The van der Waals surface area contributed by atoms with Crippen LogP contribution in [0.4, 0.5) is 4.39 Å². The van der Waals surface area contributed by atoms with E-state index in [1.54, 1.807) is 19.3 Å². The molecule has 0 aliphatic heterocycles. The molecule has 1 aromatic heterocycles. The number of H-pyrrole nitrogens is 1. The molecule has 1 heterocycles. The van der Waals surface area contributed by atoms with Gasteiger partial charge in [0.2, 0.25) is 10.0 Å². The molecule has 0 aliphatic rings. The summed E-state index contributed by atoms with van der Waals surface area (Å²) >= 11 is 0. The van der Waals surface area contributed by atoms with E-state index in [1.807, 2.05) is 0 Å². The third-order valence-corrected chi connectivity index (χ3v) is 4.25. The molecule has 0 saturated carbocycles. The van der Waals surface area contributed by atoms with Crippen molar-refractivity contribution in [3.63, 3.8) is 0 Å². The Labute approximate surface area is 110 Å². The van der Waals surface area contributed by atoms with Crippen molar-refractivity contribution in [3.05, 3.63) is 47.8 Å². The van der Waals surface area contributed by atoms with Crippen molar-refractivity contribution in [2.24, 2.45) is 0 Å². The Morgan fingerprint density at radius 1 is 1.42 bits per heavy atom. The van der Waals surface area contributed by atoms with Crippen LogP contribution in [0.3, 0.4) is 0 Å². The minimum atomic E-state index is -3.70. The molecule has 0 unspecified atom stereocenters. The molecule has 0 saturated heterocycles. The first-order valence-electron chi connectivity index (χ1n) is 5.73. The van der Waals surface area contributed by atoms with Crippen LogP contribution in [0, 0.1) is 12.7 Å². The minimum absolute atomic E-state index is 0.0352. The third kappa shape index (κ3) is 3.39. The Kier molecular flexibility index (Phi) is 3.96. The molecule has 2 rings (SSSR count). The molecule has 0 bridgehead atoms. The molecule has 0 radical (unpaired) electrons. The topological polar surface area (TPSA) is 74.8 Å². The van der Waals surface area contributed by atoms with Gasteiger partial charge in [-0.05, 0) is 24.6 Å². The number of hydrogen-bond donors (Lipinski definition) is 2. The number of halogens is 1. The minimum Gasteiger partial charge on any atom is -0.349 e. The van der Waals surface area contributed by atoms with Gasteiger partial charge in [-0.3, -0.25) is 0 Å². The standard InChI is InChI=1S/C12H14FN3O2S/c1-9-2-3-10(13)8-11(9)19(17,18)16-5-4-12-14-6-7-15-12/h2-3,6-8,16H,4-5H2,1H3,(H,14,15). The average Bonchev–Trinajstić information content (AvgIpc) is 2.85. The summed E-state index contributed by atoms with van der Waals surface area (Å²) in [5.41, 5.74) is 0.506. The van der Waals surface area contributed by atoms with Crippen LogP contribution in [0.2, 0.25) is 0 Å². The van der Waals surface area contributed by atoms with E-state index in [4.69, 9.17) is 0 Å². The predicted molar refractivity (Wildman–Crippen MR) is 68.6 cm³/mol. The molecule has 19 heavy (non-hydrogen) atoms. The summed E-state index contributed by atoms with van der Waals surface area (Å²) in [4.78, 5) is 6.83. The van der Waals surface area contributed by atoms with Crippen LogP contribution in [-0.4, -0.2) is 24.9 Å². The number of aromatic amines is 1. The molecule has 102 valence electrons. The van der Waals surface area contributed by atoms with Crippen LogP contribution in [0.15, 0.2) is 35.5 Å². The maximum atomic E-state index is 13.1. The van der Waals surface area contributed by atoms with Gasteiger partial charge in [-0.1, -0.05) is 6.07 Å². The molecule has 0 fully saturated rings. The Morgan fingerprint density at radius 3 is 2.89 bits per heavy atom. The normalized spacial score (nSPS) is 11.7. The van der Waals surface area contributed by atoms with Crippen molar-refractivity contribution in [1.29, 1.82) is 0 Å². The van der Waals surface area contributed by atoms with Gasteiger partial charge in [-0.15, -0.1) is 0 Å². The Morgan fingerprint density at radius 2 is 2.21 bits per heavy atom.